The van der Waals surface area contributed by atoms with Gasteiger partial charge in [0.1, 0.15) is 11.7 Å². The van der Waals surface area contributed by atoms with E-state index in [4.69, 9.17) is 14.5 Å². The van der Waals surface area contributed by atoms with Gasteiger partial charge in [-0.2, -0.15) is 4.89 Å². The average molecular weight is 300 g/mol. The molecule has 0 bridgehead atoms. The van der Waals surface area contributed by atoms with Crippen molar-refractivity contribution >= 4 is 6.16 Å². The lowest BCUT2D eigenvalue weighted by Crippen LogP contribution is -2.27. The number of hydrogen-bond donors (Lipinski definition) is 0. The molecule has 0 N–H and O–H groups in total. The predicted octanol–water partition coefficient (Wildman–Crippen LogP) is 5.57. The Balaban J connectivity index is 3.89. The fraction of sp³-hybridized carbons (Fsp3) is 0.824. The van der Waals surface area contributed by atoms with Gasteiger partial charge in [-0.25, -0.2) is 4.79 Å². The molecule has 0 aromatic heterocycles. The Morgan fingerprint density at radius 2 is 1.90 bits per heavy atom. The highest BCUT2D eigenvalue weighted by Crippen LogP contribution is 2.19. The molecule has 21 heavy (non-hydrogen) atoms. The van der Waals surface area contributed by atoms with Crippen molar-refractivity contribution in [2.75, 3.05) is 0 Å². The summed E-state index contributed by atoms with van der Waals surface area (Å²) in [7, 11) is 0. The van der Waals surface area contributed by atoms with E-state index in [1.807, 2.05) is 34.6 Å². The van der Waals surface area contributed by atoms with E-state index in [2.05, 4.69) is 13.0 Å². The lowest BCUT2D eigenvalue weighted by Gasteiger charge is -2.22. The molecule has 0 aliphatic rings. The summed E-state index contributed by atoms with van der Waals surface area (Å²) in [5, 5.41) is 0. The van der Waals surface area contributed by atoms with E-state index < -0.39 is 11.8 Å². The summed E-state index contributed by atoms with van der Waals surface area (Å²) in [6.45, 7) is 11.9. The molecule has 0 aliphatic carbocycles. The summed E-state index contributed by atoms with van der Waals surface area (Å²) in [6.07, 6.45) is 7.06. The van der Waals surface area contributed by atoms with Gasteiger partial charge in [0.2, 0.25) is 0 Å². The first-order chi connectivity index (χ1) is 9.76. The fourth-order valence-corrected chi connectivity index (χ4v) is 1.84. The minimum absolute atomic E-state index is 0.181. The van der Waals surface area contributed by atoms with Crippen LogP contribution in [-0.2, 0) is 14.5 Å². The molecule has 4 nitrogen and oxygen atoms in total. The van der Waals surface area contributed by atoms with Crippen molar-refractivity contribution in [3.8, 4) is 0 Å². The summed E-state index contributed by atoms with van der Waals surface area (Å²) in [5.74, 6) is 0. The quantitative estimate of drug-likeness (QED) is 0.174. The summed E-state index contributed by atoms with van der Waals surface area (Å²) in [6, 6.07) is 0. The topological polar surface area (TPSA) is 44.8 Å². The van der Waals surface area contributed by atoms with Crippen LogP contribution in [0.5, 0.6) is 0 Å². The van der Waals surface area contributed by atoms with Crippen molar-refractivity contribution in [1.82, 2.24) is 0 Å². The highest BCUT2D eigenvalue weighted by atomic mass is 17.2. The molecule has 1 unspecified atom stereocenters. The molecule has 124 valence electrons. The number of carbonyl (C=O) groups is 1. The summed E-state index contributed by atoms with van der Waals surface area (Å²) < 4.78 is 5.14. The zero-order valence-corrected chi connectivity index (χ0v) is 14.5. The van der Waals surface area contributed by atoms with Gasteiger partial charge >= 0.3 is 6.16 Å². The monoisotopic (exact) mass is 300 g/mol. The molecule has 0 amide bonds. The van der Waals surface area contributed by atoms with E-state index in [-0.39, 0.29) is 6.10 Å². The normalized spacial score (nSPS) is 12.7. The maximum absolute atomic E-state index is 11.5. The van der Waals surface area contributed by atoms with Gasteiger partial charge in [0.05, 0.1) is 0 Å². The van der Waals surface area contributed by atoms with Crippen molar-refractivity contribution in [2.45, 2.75) is 91.8 Å². The lowest BCUT2D eigenvalue weighted by atomic mass is 10.0. The molecule has 0 saturated heterocycles. The number of ether oxygens (including phenoxy) is 1. The molecule has 4 heteroatoms. The first-order valence-electron chi connectivity index (χ1n) is 7.96. The Kier molecular flexibility index (Phi) is 10.1. The lowest BCUT2D eigenvalue weighted by molar-refractivity contribution is -0.320. The second-order valence-corrected chi connectivity index (χ2v) is 6.42. The van der Waals surface area contributed by atoms with Crippen LogP contribution in [0.15, 0.2) is 11.6 Å². The van der Waals surface area contributed by atoms with Gasteiger partial charge < -0.3 is 4.74 Å². The number of allylic oxidation sites excluding steroid dienone is 2. The molecular formula is C17H32O4. The maximum atomic E-state index is 11.5. The second kappa shape index (κ2) is 10.7. The average Bonchev–Trinajstić information content (AvgIpc) is 2.36. The molecule has 0 radical (unpaired) electrons. The van der Waals surface area contributed by atoms with Crippen LogP contribution in [0.2, 0.25) is 0 Å². The smallest absolute Gasteiger partial charge is 0.429 e. The maximum Gasteiger partial charge on any atom is 0.540 e. The zero-order valence-electron chi connectivity index (χ0n) is 14.5. The molecule has 0 fully saturated rings. The first-order valence-corrected chi connectivity index (χ1v) is 7.96. The largest absolute Gasteiger partial charge is 0.540 e. The van der Waals surface area contributed by atoms with Crippen molar-refractivity contribution in [3.05, 3.63) is 11.6 Å². The van der Waals surface area contributed by atoms with E-state index >= 15 is 0 Å². The third-order valence-electron chi connectivity index (χ3n) is 3.14. The Labute approximate surface area is 129 Å². The van der Waals surface area contributed by atoms with Crippen LogP contribution in [-0.4, -0.2) is 17.9 Å². The van der Waals surface area contributed by atoms with Gasteiger partial charge in [0.15, 0.2) is 0 Å². The molecular weight excluding hydrogens is 268 g/mol. The van der Waals surface area contributed by atoms with Crippen LogP contribution in [0.3, 0.4) is 0 Å². The van der Waals surface area contributed by atoms with Gasteiger partial charge in [0.25, 0.3) is 0 Å². The van der Waals surface area contributed by atoms with Gasteiger partial charge in [0, 0.05) is 0 Å². The highest BCUT2D eigenvalue weighted by molar-refractivity contribution is 5.59. The Morgan fingerprint density at radius 1 is 1.24 bits per heavy atom. The highest BCUT2D eigenvalue weighted by Gasteiger charge is 2.22. The van der Waals surface area contributed by atoms with Crippen LogP contribution in [0, 0.1) is 0 Å². The van der Waals surface area contributed by atoms with Crippen molar-refractivity contribution in [3.63, 3.8) is 0 Å². The van der Waals surface area contributed by atoms with E-state index in [1.54, 1.807) is 0 Å². The Hall–Kier alpha value is -1.03. The van der Waals surface area contributed by atoms with Crippen molar-refractivity contribution < 1.29 is 19.3 Å². The molecule has 0 rings (SSSR count). The predicted molar refractivity (Wildman–Crippen MR) is 85.0 cm³/mol. The summed E-state index contributed by atoms with van der Waals surface area (Å²) >= 11 is 0. The minimum atomic E-state index is -0.761. The number of hydrogen-bond acceptors (Lipinski definition) is 4. The van der Waals surface area contributed by atoms with Crippen molar-refractivity contribution in [1.29, 1.82) is 0 Å². The fourth-order valence-electron chi connectivity index (χ4n) is 1.84. The minimum Gasteiger partial charge on any atom is -0.429 e. The summed E-state index contributed by atoms with van der Waals surface area (Å²) in [4.78, 5) is 21.5. The van der Waals surface area contributed by atoms with Crippen LogP contribution in [0.4, 0.5) is 4.79 Å². The molecule has 0 heterocycles. The van der Waals surface area contributed by atoms with Gasteiger partial charge in [-0.1, -0.05) is 37.8 Å². The molecule has 0 aromatic rings. The second-order valence-electron chi connectivity index (χ2n) is 6.42. The zero-order chi connectivity index (χ0) is 16.3. The number of rotatable bonds is 10. The molecule has 0 spiro atoms. The first kappa shape index (κ1) is 20.0. The van der Waals surface area contributed by atoms with Gasteiger partial charge in [-0.15, -0.1) is 0 Å². The molecule has 0 saturated carbocycles. The molecule has 0 aromatic carbocycles. The van der Waals surface area contributed by atoms with Crippen LogP contribution >= 0.6 is 0 Å². The van der Waals surface area contributed by atoms with Crippen LogP contribution < -0.4 is 0 Å². The molecule has 1 atom stereocenters. The van der Waals surface area contributed by atoms with Crippen LogP contribution in [0.25, 0.3) is 0 Å². The van der Waals surface area contributed by atoms with Gasteiger partial charge in [-0.3, -0.25) is 4.89 Å². The molecule has 0 aliphatic heterocycles. The Morgan fingerprint density at radius 3 is 2.48 bits per heavy atom. The third-order valence-corrected chi connectivity index (χ3v) is 3.14. The van der Waals surface area contributed by atoms with E-state index in [0.717, 1.165) is 38.5 Å². The van der Waals surface area contributed by atoms with Crippen LogP contribution in [0.1, 0.15) is 80.1 Å². The van der Waals surface area contributed by atoms with Crippen molar-refractivity contribution in [2.24, 2.45) is 0 Å². The third kappa shape index (κ3) is 12.4. The van der Waals surface area contributed by atoms with Gasteiger partial charge in [-0.05, 0) is 53.9 Å². The van der Waals surface area contributed by atoms with E-state index in [0.29, 0.717) is 0 Å². The standard InChI is InChI=1S/C17H32O4/c1-7-8-9-13-17(5,6)21-20-16(18)19-15(4)12-10-11-14(2)3/h11,15H,7-10,12-13H2,1-6H3. The Bertz CT molecular complexity index is 317. The van der Waals surface area contributed by atoms with E-state index in [1.165, 1.54) is 5.57 Å². The number of carbonyl (C=O) groups excluding carboxylic acids is 1. The van der Waals surface area contributed by atoms with E-state index in [9.17, 15) is 4.79 Å². The SMILES string of the molecule is CCCCCC(C)(C)OOC(=O)OC(C)CCC=C(C)C. The summed E-state index contributed by atoms with van der Waals surface area (Å²) in [5.41, 5.74) is 0.793. The number of unbranched alkanes of at least 4 members (excludes halogenated alkanes) is 2.